The first kappa shape index (κ1) is 14.6. The van der Waals surface area contributed by atoms with Crippen LogP contribution < -0.4 is 35.0 Å². The first-order valence-electron chi connectivity index (χ1n) is 5.49. The van der Waals surface area contributed by atoms with Crippen LogP contribution in [0.15, 0.2) is 45.6 Å². The smallest absolute Gasteiger partial charge is 1.00 e. The van der Waals surface area contributed by atoms with E-state index in [4.69, 9.17) is 9.52 Å². The van der Waals surface area contributed by atoms with Crippen molar-refractivity contribution in [2.75, 3.05) is 0 Å². The van der Waals surface area contributed by atoms with Crippen molar-refractivity contribution in [2.45, 2.75) is 0 Å². The molecule has 0 unspecified atom stereocenters. The summed E-state index contributed by atoms with van der Waals surface area (Å²) in [6.45, 7) is 0. The Bertz CT molecular complexity index is 888. The van der Waals surface area contributed by atoms with Crippen LogP contribution in [0.1, 0.15) is 11.8 Å². The minimum absolute atomic E-state index is 0. The summed E-state index contributed by atoms with van der Waals surface area (Å²) in [5.74, 6) is -1.11. The van der Waals surface area contributed by atoms with Crippen LogP contribution in [-0.2, 0) is 0 Å². The Morgan fingerprint density at radius 2 is 1.80 bits per heavy atom. The van der Waals surface area contributed by atoms with Crippen molar-refractivity contribution in [1.29, 1.82) is 0 Å². The summed E-state index contributed by atoms with van der Waals surface area (Å²) in [5.41, 5.74) is 0.263. The molecule has 6 heteroatoms. The number of hydrogen-bond acceptors (Lipinski definition) is 4. The summed E-state index contributed by atoms with van der Waals surface area (Å²) in [6.07, 6.45) is 0. The van der Waals surface area contributed by atoms with E-state index in [9.17, 15) is 14.7 Å². The van der Waals surface area contributed by atoms with Gasteiger partial charge in [0, 0.05) is 0 Å². The van der Waals surface area contributed by atoms with E-state index in [0.717, 1.165) is 0 Å². The van der Waals surface area contributed by atoms with Gasteiger partial charge >= 0.3 is 35.5 Å². The van der Waals surface area contributed by atoms with Gasteiger partial charge in [-0.15, -0.1) is 0 Å². The third-order valence-electron chi connectivity index (χ3n) is 2.90. The molecule has 3 rings (SSSR count). The maximum Gasteiger partial charge on any atom is 1.00 e. The molecule has 20 heavy (non-hydrogen) atoms. The van der Waals surface area contributed by atoms with Gasteiger partial charge < -0.3 is 16.1 Å². The van der Waals surface area contributed by atoms with Crippen LogP contribution in [0.3, 0.4) is 0 Å². The molecule has 0 atom stereocenters. The summed E-state index contributed by atoms with van der Waals surface area (Å²) in [7, 11) is 0. The summed E-state index contributed by atoms with van der Waals surface area (Å²) < 4.78 is 5.50. The number of fused-ring (bicyclic) bond motifs is 2. The molecule has 1 aromatic heterocycles. The van der Waals surface area contributed by atoms with Gasteiger partial charge in [0.1, 0.15) is 16.9 Å². The van der Waals surface area contributed by atoms with Gasteiger partial charge in [-0.2, -0.15) is 0 Å². The van der Waals surface area contributed by atoms with E-state index in [1.165, 1.54) is 36.4 Å². The van der Waals surface area contributed by atoms with Crippen LogP contribution in [0, 0.1) is 0 Å². The van der Waals surface area contributed by atoms with E-state index < -0.39 is 5.97 Å². The predicted octanol–water partition coefficient (Wildman–Crippen LogP) is -0.534. The van der Waals surface area contributed by atoms with Crippen LogP contribution >= 0.6 is 0 Å². The second-order valence-electron chi connectivity index (χ2n) is 4.13. The summed E-state index contributed by atoms with van der Waals surface area (Å²) in [5, 5.41) is 18.8. The van der Waals surface area contributed by atoms with Crippen molar-refractivity contribution < 1.29 is 50.4 Å². The molecule has 0 saturated heterocycles. The Kier molecular flexibility index (Phi) is 3.85. The minimum Gasteiger partial charge on any atom is -1.00 e. The topological polar surface area (TPSA) is 87.7 Å². The molecule has 0 aliphatic carbocycles. The zero-order valence-electron chi connectivity index (χ0n) is 11.6. The quantitative estimate of drug-likeness (QED) is 0.462. The predicted molar refractivity (Wildman–Crippen MR) is 69.7 cm³/mol. The molecule has 5 nitrogen and oxygen atoms in total. The number of carboxylic acid groups (broad SMARTS) is 1. The Morgan fingerprint density at radius 3 is 2.50 bits per heavy atom. The van der Waals surface area contributed by atoms with E-state index >= 15 is 0 Å². The number of phenolic OH excluding ortho intramolecular Hbond substituents is 1. The first-order chi connectivity index (χ1) is 9.06. The van der Waals surface area contributed by atoms with Gasteiger partial charge in [0.05, 0.1) is 16.3 Å². The number of carbonyl (C=O) groups is 1. The number of aromatic hydroxyl groups is 1. The van der Waals surface area contributed by atoms with Crippen LogP contribution in [0.25, 0.3) is 21.9 Å². The van der Waals surface area contributed by atoms with Gasteiger partial charge in [-0.3, -0.25) is 4.79 Å². The van der Waals surface area contributed by atoms with Gasteiger partial charge in [-0.25, -0.2) is 4.79 Å². The van der Waals surface area contributed by atoms with Crippen molar-refractivity contribution >= 4 is 27.9 Å². The molecule has 2 N–H and O–H groups in total. The van der Waals surface area contributed by atoms with Crippen LogP contribution in [0.5, 0.6) is 5.75 Å². The number of aromatic carboxylic acids is 1. The van der Waals surface area contributed by atoms with Crippen molar-refractivity contribution in [3.8, 4) is 5.75 Å². The van der Waals surface area contributed by atoms with Crippen molar-refractivity contribution in [3.05, 3.63) is 52.2 Å². The molecule has 0 aliphatic heterocycles. The molecule has 2 aromatic carbocycles. The van der Waals surface area contributed by atoms with Crippen molar-refractivity contribution in [1.82, 2.24) is 0 Å². The normalized spacial score (nSPS) is 10.4. The third kappa shape index (κ3) is 2.31. The number of phenols is 1. The maximum absolute atomic E-state index is 12.2. The summed E-state index contributed by atoms with van der Waals surface area (Å²) >= 11 is 0. The third-order valence-corrected chi connectivity index (χ3v) is 2.90. The summed E-state index contributed by atoms with van der Waals surface area (Å²) in [4.78, 5) is 23.1. The number of benzene rings is 2. The Morgan fingerprint density at radius 1 is 1.05 bits per heavy atom. The molecule has 0 fully saturated rings. The second kappa shape index (κ2) is 5.28. The number of hydrogen-bond donors (Lipinski definition) is 2. The first-order valence-corrected chi connectivity index (χ1v) is 5.49. The van der Waals surface area contributed by atoms with Gasteiger partial charge in [-0.1, -0.05) is 0 Å². The second-order valence-corrected chi connectivity index (χ2v) is 4.13. The summed E-state index contributed by atoms with van der Waals surface area (Å²) in [6, 6.07) is 8.26. The molecule has 3 aromatic rings. The molecule has 0 aliphatic rings. The number of carboxylic acids is 1. The standard InChI is InChI=1S/C14H8O5.Na.H/c15-8-2-4-11-10(6-8)13(16)9-3-1-7(14(17)18)5-12(9)19-11;;/h1-6,15H,(H,17,18);;/q;+1;-1. The zero-order valence-corrected chi connectivity index (χ0v) is 12.6. The molecule has 0 saturated carbocycles. The largest absolute Gasteiger partial charge is 1.00 e. The van der Waals surface area contributed by atoms with Gasteiger partial charge in [-0.05, 0) is 36.4 Å². The average Bonchev–Trinajstić information content (AvgIpc) is 2.39. The minimum atomic E-state index is -1.09. The van der Waals surface area contributed by atoms with Crippen molar-refractivity contribution in [3.63, 3.8) is 0 Å². The fourth-order valence-electron chi connectivity index (χ4n) is 1.98. The van der Waals surface area contributed by atoms with E-state index in [2.05, 4.69) is 0 Å². The Labute approximate surface area is 136 Å². The molecule has 0 radical (unpaired) electrons. The molecular formula is C14H9NaO5. The fourth-order valence-corrected chi connectivity index (χ4v) is 1.98. The molecule has 0 amide bonds. The Balaban J connectivity index is 0.00000110. The zero-order chi connectivity index (χ0) is 13.6. The molecule has 1 heterocycles. The van der Waals surface area contributed by atoms with Gasteiger partial charge in [0.25, 0.3) is 0 Å². The molecule has 0 bridgehead atoms. The van der Waals surface area contributed by atoms with Crippen LogP contribution in [-0.4, -0.2) is 16.2 Å². The number of rotatable bonds is 1. The van der Waals surface area contributed by atoms with Crippen LogP contribution in [0.4, 0.5) is 0 Å². The van der Waals surface area contributed by atoms with Gasteiger partial charge in [0.2, 0.25) is 5.43 Å². The average molecular weight is 280 g/mol. The fraction of sp³-hybridized carbons (Fsp3) is 0. The van der Waals surface area contributed by atoms with Gasteiger partial charge in [0.15, 0.2) is 0 Å². The SMILES string of the molecule is O=C(O)c1ccc2c(=O)c3cc(O)ccc3oc2c1.[H-].[Na+]. The molecule has 0 spiro atoms. The van der Waals surface area contributed by atoms with Crippen LogP contribution in [0.2, 0.25) is 0 Å². The van der Waals surface area contributed by atoms with E-state index in [1.807, 2.05) is 0 Å². The van der Waals surface area contributed by atoms with E-state index in [-0.39, 0.29) is 64.1 Å². The van der Waals surface area contributed by atoms with Crippen molar-refractivity contribution in [2.24, 2.45) is 0 Å². The Hall–Kier alpha value is -1.82. The molecule has 96 valence electrons. The maximum atomic E-state index is 12.2. The van der Waals surface area contributed by atoms with E-state index in [1.54, 1.807) is 0 Å². The van der Waals surface area contributed by atoms with E-state index in [0.29, 0.717) is 5.58 Å². The molecular weight excluding hydrogens is 271 g/mol. The monoisotopic (exact) mass is 280 g/mol.